The van der Waals surface area contributed by atoms with E-state index in [-0.39, 0.29) is 0 Å². The summed E-state index contributed by atoms with van der Waals surface area (Å²) in [6.45, 7) is 5.60. The largest absolute Gasteiger partial charge is 0.508 e. The highest BCUT2D eigenvalue weighted by Crippen LogP contribution is 2.32. The molecule has 1 aromatic carbocycles. The van der Waals surface area contributed by atoms with Crippen molar-refractivity contribution in [3.63, 3.8) is 0 Å². The second kappa shape index (κ2) is 7.42. The Kier molecular flexibility index (Phi) is 6.20. The van der Waals surface area contributed by atoms with Gasteiger partial charge in [0.25, 0.3) is 0 Å². The maximum atomic E-state index is 9.34. The number of hydrogen-bond acceptors (Lipinski definition) is 2. The van der Waals surface area contributed by atoms with Gasteiger partial charge in [0.2, 0.25) is 0 Å². The van der Waals surface area contributed by atoms with E-state index in [4.69, 9.17) is 0 Å². The van der Waals surface area contributed by atoms with Gasteiger partial charge >= 0.3 is 0 Å². The molecule has 0 aromatic heterocycles. The highest BCUT2D eigenvalue weighted by atomic mass is 16.3. The average Bonchev–Trinajstić information content (AvgIpc) is 2.39. The lowest BCUT2D eigenvalue weighted by Crippen LogP contribution is -2.34. The van der Waals surface area contributed by atoms with Gasteiger partial charge < -0.3 is 10.4 Å². The molecule has 2 N–H and O–H groups in total. The fourth-order valence-electron chi connectivity index (χ4n) is 2.64. The summed E-state index contributed by atoms with van der Waals surface area (Å²) < 4.78 is 0. The van der Waals surface area contributed by atoms with Crippen LogP contribution in [0.3, 0.4) is 0 Å². The molecule has 0 heterocycles. The Hall–Kier alpha value is -1.02. The number of aromatic hydroxyl groups is 1. The molecule has 0 aliphatic carbocycles. The van der Waals surface area contributed by atoms with Crippen LogP contribution < -0.4 is 5.32 Å². The number of benzene rings is 1. The van der Waals surface area contributed by atoms with Crippen LogP contribution in [0.15, 0.2) is 24.3 Å². The van der Waals surface area contributed by atoms with Crippen LogP contribution in [0.1, 0.15) is 45.1 Å². The Morgan fingerprint density at radius 2 is 1.83 bits per heavy atom. The van der Waals surface area contributed by atoms with Crippen molar-refractivity contribution in [1.82, 2.24) is 5.32 Å². The summed E-state index contributed by atoms with van der Waals surface area (Å²) in [6, 6.07) is 7.66. The Bertz CT molecular complexity index is 333. The summed E-state index contributed by atoms with van der Waals surface area (Å²) in [5.74, 6) is 0.350. The molecule has 1 atom stereocenters. The molecular formula is C16H27NO. The van der Waals surface area contributed by atoms with Crippen LogP contribution in [-0.4, -0.2) is 18.7 Å². The van der Waals surface area contributed by atoms with E-state index in [0.717, 1.165) is 13.0 Å². The van der Waals surface area contributed by atoms with Gasteiger partial charge in [0, 0.05) is 6.54 Å². The molecule has 0 fully saturated rings. The predicted molar refractivity (Wildman–Crippen MR) is 78.0 cm³/mol. The van der Waals surface area contributed by atoms with Crippen LogP contribution in [0.25, 0.3) is 0 Å². The molecule has 0 amide bonds. The molecule has 0 bridgehead atoms. The van der Waals surface area contributed by atoms with E-state index in [1.807, 2.05) is 19.2 Å². The zero-order chi connectivity index (χ0) is 13.4. The van der Waals surface area contributed by atoms with Crippen molar-refractivity contribution >= 4 is 0 Å². The number of hydrogen-bond donors (Lipinski definition) is 2. The monoisotopic (exact) mass is 249 g/mol. The molecule has 102 valence electrons. The van der Waals surface area contributed by atoms with E-state index in [1.165, 1.54) is 31.2 Å². The van der Waals surface area contributed by atoms with Crippen LogP contribution in [0, 0.1) is 5.41 Å². The fourth-order valence-corrected chi connectivity index (χ4v) is 2.64. The van der Waals surface area contributed by atoms with Crippen molar-refractivity contribution in [3.05, 3.63) is 29.8 Å². The molecule has 2 heteroatoms. The summed E-state index contributed by atoms with van der Waals surface area (Å²) in [5.41, 5.74) is 1.67. The average molecular weight is 249 g/mol. The molecule has 0 spiro atoms. The molecule has 1 rings (SSSR count). The molecule has 18 heavy (non-hydrogen) atoms. The van der Waals surface area contributed by atoms with Crippen molar-refractivity contribution < 1.29 is 5.11 Å². The normalized spacial score (nSPS) is 14.4. The molecule has 0 saturated heterocycles. The number of nitrogens with one attached hydrogen (secondary N) is 1. The summed E-state index contributed by atoms with van der Waals surface area (Å²) in [7, 11) is 2.03. The minimum atomic E-state index is 0.349. The highest BCUT2D eigenvalue weighted by Gasteiger charge is 2.27. The third-order valence-corrected chi connectivity index (χ3v) is 3.88. The van der Waals surface area contributed by atoms with Gasteiger partial charge in [0.15, 0.2) is 0 Å². The number of unbranched alkanes of at least 4 members (excludes halogenated alkanes) is 1. The van der Waals surface area contributed by atoms with Gasteiger partial charge in [-0.15, -0.1) is 0 Å². The smallest absolute Gasteiger partial charge is 0.115 e. The van der Waals surface area contributed by atoms with Crippen LogP contribution in [0.4, 0.5) is 0 Å². The Balaban J connectivity index is 2.78. The highest BCUT2D eigenvalue weighted by molar-refractivity contribution is 5.26. The first-order valence-corrected chi connectivity index (χ1v) is 7.08. The van der Waals surface area contributed by atoms with E-state index >= 15 is 0 Å². The van der Waals surface area contributed by atoms with E-state index in [9.17, 15) is 5.11 Å². The van der Waals surface area contributed by atoms with E-state index in [0.29, 0.717) is 11.2 Å². The second-order valence-corrected chi connectivity index (χ2v) is 5.33. The van der Waals surface area contributed by atoms with Gasteiger partial charge in [-0.1, -0.05) is 38.8 Å². The number of phenolic OH excluding ortho intramolecular Hbond substituents is 1. The summed E-state index contributed by atoms with van der Waals surface area (Å²) in [6.07, 6.45) is 6.08. The van der Waals surface area contributed by atoms with Crippen LogP contribution in [0.5, 0.6) is 5.75 Å². The molecule has 1 aromatic rings. The first-order chi connectivity index (χ1) is 8.65. The second-order valence-electron chi connectivity index (χ2n) is 5.33. The molecule has 0 aliphatic heterocycles. The van der Waals surface area contributed by atoms with Crippen molar-refractivity contribution in [2.75, 3.05) is 13.6 Å². The third-order valence-electron chi connectivity index (χ3n) is 3.88. The first-order valence-electron chi connectivity index (χ1n) is 7.08. The Labute approximate surface area is 111 Å². The maximum Gasteiger partial charge on any atom is 0.115 e. The summed E-state index contributed by atoms with van der Waals surface area (Å²) in [5, 5.41) is 12.7. The van der Waals surface area contributed by atoms with Crippen LogP contribution >= 0.6 is 0 Å². The van der Waals surface area contributed by atoms with Gasteiger partial charge in [-0.2, -0.15) is 0 Å². The zero-order valence-electron chi connectivity index (χ0n) is 12.0. The maximum absolute atomic E-state index is 9.34. The zero-order valence-corrected chi connectivity index (χ0v) is 12.0. The topological polar surface area (TPSA) is 32.3 Å². The quantitative estimate of drug-likeness (QED) is 0.735. The molecule has 0 radical (unpaired) electrons. The van der Waals surface area contributed by atoms with Crippen molar-refractivity contribution in [2.24, 2.45) is 5.41 Å². The lowest BCUT2D eigenvalue weighted by atomic mass is 9.75. The Morgan fingerprint density at radius 1 is 1.17 bits per heavy atom. The number of phenols is 1. The lowest BCUT2D eigenvalue weighted by Gasteiger charge is -2.33. The molecule has 0 aliphatic rings. The van der Waals surface area contributed by atoms with Gasteiger partial charge in [-0.05, 0) is 49.4 Å². The third kappa shape index (κ3) is 4.34. The van der Waals surface area contributed by atoms with E-state index in [2.05, 4.69) is 19.2 Å². The summed E-state index contributed by atoms with van der Waals surface area (Å²) in [4.78, 5) is 0. The van der Waals surface area contributed by atoms with Crippen molar-refractivity contribution in [2.45, 2.75) is 46.0 Å². The van der Waals surface area contributed by atoms with Gasteiger partial charge in [0.1, 0.15) is 5.75 Å². The van der Waals surface area contributed by atoms with Gasteiger partial charge in [-0.25, -0.2) is 0 Å². The van der Waals surface area contributed by atoms with Gasteiger partial charge in [-0.3, -0.25) is 0 Å². The minimum absolute atomic E-state index is 0.349. The van der Waals surface area contributed by atoms with E-state index < -0.39 is 0 Å². The molecule has 1 unspecified atom stereocenters. The molecular weight excluding hydrogens is 222 g/mol. The van der Waals surface area contributed by atoms with E-state index in [1.54, 1.807) is 12.1 Å². The van der Waals surface area contributed by atoms with Crippen molar-refractivity contribution in [3.8, 4) is 5.75 Å². The van der Waals surface area contributed by atoms with Gasteiger partial charge in [0.05, 0.1) is 0 Å². The minimum Gasteiger partial charge on any atom is -0.508 e. The fraction of sp³-hybridized carbons (Fsp3) is 0.625. The van der Waals surface area contributed by atoms with Crippen LogP contribution in [-0.2, 0) is 6.42 Å². The lowest BCUT2D eigenvalue weighted by molar-refractivity contribution is 0.235. The Morgan fingerprint density at radius 3 is 2.33 bits per heavy atom. The number of rotatable bonds is 8. The summed E-state index contributed by atoms with van der Waals surface area (Å²) >= 11 is 0. The molecule has 2 nitrogen and oxygen atoms in total. The van der Waals surface area contributed by atoms with Crippen LogP contribution in [0.2, 0.25) is 0 Å². The SMILES string of the molecule is CCCCC(CC)(CNC)Cc1ccc(O)cc1. The standard InChI is InChI=1S/C16H27NO/c1-4-6-11-16(5-2,13-17-3)12-14-7-9-15(18)10-8-14/h7-10,17-18H,4-6,11-13H2,1-3H3. The molecule has 0 saturated carbocycles. The van der Waals surface area contributed by atoms with Crippen molar-refractivity contribution in [1.29, 1.82) is 0 Å². The predicted octanol–water partition coefficient (Wildman–Crippen LogP) is 3.74. The first kappa shape index (κ1) is 15.0.